The van der Waals surface area contributed by atoms with Crippen molar-refractivity contribution < 1.29 is 19.4 Å². The van der Waals surface area contributed by atoms with Crippen molar-refractivity contribution in [1.82, 2.24) is 4.57 Å². The van der Waals surface area contributed by atoms with Gasteiger partial charge in [0.2, 0.25) is 5.78 Å². The number of aliphatic hydroxyl groups excluding tert-OH is 1. The summed E-state index contributed by atoms with van der Waals surface area (Å²) in [6.07, 6.45) is 0. The maximum Gasteiger partial charge on any atom is 0.345 e. The first-order valence-corrected chi connectivity index (χ1v) is 12.4. The number of aromatic nitrogens is 1. The van der Waals surface area contributed by atoms with Crippen LogP contribution in [0, 0.1) is 0 Å². The van der Waals surface area contributed by atoms with Gasteiger partial charge in [0.25, 0.3) is 5.56 Å². The van der Waals surface area contributed by atoms with Crippen molar-refractivity contribution in [2.45, 2.75) is 31.9 Å². The highest BCUT2D eigenvalue weighted by Crippen LogP contribution is 2.45. The number of carbonyl (C=O) groups is 2. The number of hydrogen-bond donors (Lipinski definition) is 1. The highest BCUT2D eigenvalue weighted by atomic mass is 32.2. The van der Waals surface area contributed by atoms with Crippen LogP contribution in [0.25, 0.3) is 10.6 Å². The van der Waals surface area contributed by atoms with Crippen LogP contribution >= 0.6 is 23.1 Å². The summed E-state index contributed by atoms with van der Waals surface area (Å²) in [5.41, 5.74) is 1.60. The van der Waals surface area contributed by atoms with E-state index in [4.69, 9.17) is 4.74 Å². The second kappa shape index (κ2) is 10.0. The third kappa shape index (κ3) is 4.22. The van der Waals surface area contributed by atoms with Gasteiger partial charge in [-0.25, -0.2) is 4.79 Å². The number of thiazole rings is 1. The lowest BCUT2D eigenvalue weighted by atomic mass is 10.0. The Balaban J connectivity index is 2.00. The molecule has 4 rings (SSSR count). The Morgan fingerprint density at radius 1 is 1.09 bits per heavy atom. The minimum Gasteiger partial charge on any atom is -0.462 e. The number of Topliss-reactive ketones (excluding diaryl/α,β-unsaturated/α-hetero) is 1. The molecule has 1 N–H and O–H groups in total. The lowest BCUT2D eigenvalue weighted by Crippen LogP contribution is -2.35. The first-order valence-electron chi connectivity index (χ1n) is 10.8. The van der Waals surface area contributed by atoms with Gasteiger partial charge in [-0.1, -0.05) is 48.2 Å². The number of thioether (sulfide) groups is 1. The maximum atomic E-state index is 13.5. The van der Waals surface area contributed by atoms with Crippen LogP contribution in [0.2, 0.25) is 0 Å². The molecule has 0 aliphatic carbocycles. The predicted molar refractivity (Wildman–Crippen MR) is 134 cm³/mol. The van der Waals surface area contributed by atoms with Crippen LogP contribution in [0.4, 0.5) is 5.69 Å². The van der Waals surface area contributed by atoms with Gasteiger partial charge in [-0.05, 0) is 31.5 Å². The van der Waals surface area contributed by atoms with Gasteiger partial charge in [0.1, 0.15) is 19.8 Å². The molecule has 0 saturated heterocycles. The van der Waals surface area contributed by atoms with Crippen molar-refractivity contribution in [2.24, 2.45) is 0 Å². The van der Waals surface area contributed by atoms with Crippen LogP contribution in [-0.4, -0.2) is 35.1 Å². The Bertz CT molecular complexity index is 1440. The molecule has 0 fully saturated rings. The first kappa shape index (κ1) is 24.0. The molecule has 2 aromatic carbocycles. The Morgan fingerprint density at radius 2 is 1.82 bits per heavy atom. The van der Waals surface area contributed by atoms with Crippen molar-refractivity contribution in [1.29, 1.82) is 0 Å². The molecule has 7 nitrogen and oxygen atoms in total. The summed E-state index contributed by atoms with van der Waals surface area (Å²) in [7, 11) is 1.86. The molecule has 0 spiro atoms. The zero-order valence-electron chi connectivity index (χ0n) is 19.0. The van der Waals surface area contributed by atoms with E-state index in [9.17, 15) is 19.5 Å². The van der Waals surface area contributed by atoms with E-state index >= 15 is 0 Å². The fraction of sp³-hybridized carbons (Fsp3) is 0.240. The van der Waals surface area contributed by atoms with E-state index < -0.39 is 11.8 Å². The molecule has 0 atom stereocenters. The molecule has 0 unspecified atom stereocenters. The second-order valence-corrected chi connectivity index (χ2v) is 9.53. The van der Waals surface area contributed by atoms with Crippen LogP contribution in [-0.2, 0) is 22.7 Å². The van der Waals surface area contributed by atoms with Crippen LogP contribution in [0.5, 0.6) is 0 Å². The monoisotopic (exact) mass is 496 g/mol. The zero-order valence-corrected chi connectivity index (χ0v) is 20.7. The molecular weight excluding hydrogens is 472 g/mol. The average Bonchev–Trinajstić information content (AvgIpc) is 3.35. The van der Waals surface area contributed by atoms with Crippen LogP contribution in [0.1, 0.15) is 29.8 Å². The van der Waals surface area contributed by atoms with Gasteiger partial charge < -0.3 is 14.7 Å². The number of rotatable bonds is 6. The number of ketones is 1. The van der Waals surface area contributed by atoms with E-state index in [2.05, 4.69) is 0 Å². The fourth-order valence-corrected chi connectivity index (χ4v) is 6.25. The summed E-state index contributed by atoms with van der Waals surface area (Å²) in [5, 5.41) is 10.2. The SMILES string of the molecule is CCOC(=O)/C(C(=O)c1ccccc1)=c1\s/c(=C2\Sc3ccc(CO)cc3N2C)c(=O)n1CC. The van der Waals surface area contributed by atoms with Crippen LogP contribution < -0.4 is 19.7 Å². The van der Waals surface area contributed by atoms with Crippen LogP contribution in [0.3, 0.4) is 0 Å². The molecule has 9 heteroatoms. The molecule has 1 aromatic heterocycles. The first-order chi connectivity index (χ1) is 16.4. The molecule has 176 valence electrons. The quantitative estimate of drug-likeness (QED) is 0.318. The largest absolute Gasteiger partial charge is 0.462 e. The number of benzene rings is 2. The molecule has 34 heavy (non-hydrogen) atoms. The third-order valence-electron chi connectivity index (χ3n) is 5.43. The topological polar surface area (TPSA) is 88.8 Å². The van der Waals surface area contributed by atoms with E-state index in [1.165, 1.54) is 16.3 Å². The van der Waals surface area contributed by atoms with E-state index in [1.807, 2.05) is 30.1 Å². The Kier molecular flexibility index (Phi) is 7.06. The van der Waals surface area contributed by atoms with E-state index in [0.717, 1.165) is 27.5 Å². The molecule has 0 amide bonds. The van der Waals surface area contributed by atoms with Crippen LogP contribution in [0.15, 0.2) is 58.2 Å². The molecule has 3 aromatic rings. The molecule has 0 saturated carbocycles. The molecule has 0 bridgehead atoms. The second-order valence-electron chi connectivity index (χ2n) is 7.50. The molecule has 0 radical (unpaired) electrons. The van der Waals surface area contributed by atoms with E-state index in [-0.39, 0.29) is 29.0 Å². The number of anilines is 1. The summed E-state index contributed by atoms with van der Waals surface area (Å²) in [6, 6.07) is 14.1. The van der Waals surface area contributed by atoms with E-state index in [1.54, 1.807) is 44.2 Å². The highest BCUT2D eigenvalue weighted by Gasteiger charge is 2.28. The average molecular weight is 497 g/mol. The molecule has 1 aliphatic heterocycles. The minimum atomic E-state index is -0.750. The minimum absolute atomic E-state index is 0.0770. The number of hydrogen-bond acceptors (Lipinski definition) is 8. The lowest BCUT2D eigenvalue weighted by Gasteiger charge is -2.13. The number of nitrogens with zero attached hydrogens (tertiary/aromatic N) is 2. The van der Waals surface area contributed by atoms with Gasteiger partial charge in [0.05, 0.1) is 18.9 Å². The van der Waals surface area contributed by atoms with Crippen molar-refractivity contribution >= 4 is 51.1 Å². The summed E-state index contributed by atoms with van der Waals surface area (Å²) in [4.78, 5) is 42.7. The predicted octanol–water partition coefficient (Wildman–Crippen LogP) is 2.33. The Hall–Kier alpha value is -3.14. The van der Waals surface area contributed by atoms with Gasteiger partial charge in [-0.3, -0.25) is 14.2 Å². The summed E-state index contributed by atoms with van der Waals surface area (Å²) >= 11 is 2.57. The number of aliphatic hydroxyl groups is 1. The normalized spacial score (nSPS) is 15.2. The van der Waals surface area contributed by atoms with Crippen molar-refractivity contribution in [3.8, 4) is 0 Å². The molecular formula is C25H24N2O5S2. The van der Waals surface area contributed by atoms with Gasteiger partial charge in [0, 0.05) is 24.1 Å². The molecule has 1 aliphatic rings. The number of ether oxygens (including phenoxy) is 1. The van der Waals surface area contributed by atoms with Gasteiger partial charge in [-0.15, -0.1) is 11.3 Å². The number of carbonyl (C=O) groups excluding carboxylic acids is 2. The maximum absolute atomic E-state index is 13.5. The van der Waals surface area contributed by atoms with Crippen molar-refractivity contribution in [2.75, 3.05) is 18.6 Å². The standard InChI is InChI=1S/C25H24N2O5S2/c1-4-27-22(30)21(24-26(3)17-13-15(14-28)11-12-18(17)33-24)34-23(27)19(25(31)32-5-2)20(29)16-9-7-6-8-10-16/h6-13,28H,4-5,14H2,1-3H3/b23-19-,24-21-. The zero-order chi connectivity index (χ0) is 24.4. The lowest BCUT2D eigenvalue weighted by molar-refractivity contribution is -0.136. The summed E-state index contributed by atoms with van der Waals surface area (Å²) in [5.74, 6) is -1.23. The third-order valence-corrected chi connectivity index (χ3v) is 7.98. The molecule has 2 heterocycles. The number of esters is 1. The highest BCUT2D eigenvalue weighted by molar-refractivity contribution is 8.08. The van der Waals surface area contributed by atoms with Gasteiger partial charge in [-0.2, -0.15) is 0 Å². The Morgan fingerprint density at radius 3 is 2.47 bits per heavy atom. The van der Waals surface area contributed by atoms with E-state index in [0.29, 0.717) is 21.7 Å². The summed E-state index contributed by atoms with van der Waals surface area (Å²) < 4.78 is 7.40. The summed E-state index contributed by atoms with van der Waals surface area (Å²) in [6.45, 7) is 3.80. The fourth-order valence-electron chi connectivity index (χ4n) is 3.72. The van der Waals surface area contributed by atoms with Crippen molar-refractivity contribution in [3.63, 3.8) is 0 Å². The Labute approximate surface area is 204 Å². The van der Waals surface area contributed by atoms with Gasteiger partial charge >= 0.3 is 5.97 Å². The van der Waals surface area contributed by atoms with Gasteiger partial charge in [0.15, 0.2) is 0 Å². The smallest absolute Gasteiger partial charge is 0.345 e. The van der Waals surface area contributed by atoms with Crippen molar-refractivity contribution in [3.05, 3.63) is 79.2 Å². The number of fused-ring (bicyclic) bond motifs is 1.